The molecule has 246 valence electrons. The molecule has 3 aromatic rings. The van der Waals surface area contributed by atoms with Crippen LogP contribution < -0.4 is 16.0 Å². The Hall–Kier alpha value is -4.13. The topological polar surface area (TPSA) is 104 Å². The molecule has 13 heteroatoms. The van der Waals surface area contributed by atoms with Gasteiger partial charge in [-0.1, -0.05) is 103 Å². The first kappa shape index (κ1) is 36.3. The molecule has 0 aliphatic heterocycles. The Morgan fingerprint density at radius 3 is 1.85 bits per heavy atom. The molecule has 3 aromatic carbocycles. The van der Waals surface area contributed by atoms with Crippen molar-refractivity contribution in [3.8, 4) is 0 Å². The summed E-state index contributed by atoms with van der Waals surface area (Å²) >= 11 is 3.40. The molecule has 46 heavy (non-hydrogen) atoms. The number of hydrogen-bond donors (Lipinski definition) is 3. The molecule has 0 bridgehead atoms. The lowest BCUT2D eigenvalue weighted by molar-refractivity contribution is -0.165. The lowest BCUT2D eigenvalue weighted by Gasteiger charge is -2.28. The molecule has 0 aliphatic rings. The minimum atomic E-state index is -4.99. The average molecular weight is 711 g/mol. The molecular formula is C33H33BrF5N3O4. The van der Waals surface area contributed by atoms with Gasteiger partial charge in [-0.2, -0.15) is 22.0 Å². The Balaban J connectivity index is 1.85. The highest BCUT2D eigenvalue weighted by atomic mass is 79.9. The minimum Gasteiger partial charge on any atom is -0.344 e. The zero-order chi connectivity index (χ0) is 34.1. The van der Waals surface area contributed by atoms with Crippen LogP contribution >= 0.6 is 15.9 Å². The maximum Gasteiger partial charge on any atom is 0.405 e. The highest BCUT2D eigenvalue weighted by Crippen LogP contribution is 2.29. The number of nitrogens with one attached hydrogen (secondary N) is 3. The number of alkyl halides is 5. The van der Waals surface area contributed by atoms with E-state index in [1.165, 1.54) is 13.8 Å². The number of halogens is 6. The van der Waals surface area contributed by atoms with E-state index < -0.39 is 66.1 Å². The summed E-state index contributed by atoms with van der Waals surface area (Å²) in [6.07, 6.45) is -5.15. The van der Waals surface area contributed by atoms with Gasteiger partial charge >= 0.3 is 12.1 Å². The molecule has 3 unspecified atom stereocenters. The van der Waals surface area contributed by atoms with E-state index in [9.17, 15) is 41.1 Å². The van der Waals surface area contributed by atoms with Gasteiger partial charge in [-0.25, -0.2) is 0 Å². The first-order valence-electron chi connectivity index (χ1n) is 14.3. The second-order valence-corrected chi connectivity index (χ2v) is 11.9. The zero-order valence-corrected chi connectivity index (χ0v) is 26.5. The van der Waals surface area contributed by atoms with Gasteiger partial charge in [0.05, 0.1) is 6.04 Å². The van der Waals surface area contributed by atoms with Crippen LogP contribution in [0.3, 0.4) is 0 Å². The van der Waals surface area contributed by atoms with E-state index in [4.69, 9.17) is 0 Å². The van der Waals surface area contributed by atoms with Crippen molar-refractivity contribution >= 4 is 39.4 Å². The molecule has 3 atom stereocenters. The van der Waals surface area contributed by atoms with Crippen LogP contribution in [0.1, 0.15) is 42.9 Å². The molecule has 0 saturated heterocycles. The second kappa shape index (κ2) is 15.9. The van der Waals surface area contributed by atoms with Crippen molar-refractivity contribution in [2.75, 3.05) is 6.54 Å². The van der Waals surface area contributed by atoms with E-state index in [1.54, 1.807) is 30.3 Å². The summed E-state index contributed by atoms with van der Waals surface area (Å²) in [5.41, 5.74) is 2.27. The quantitative estimate of drug-likeness (QED) is 0.147. The van der Waals surface area contributed by atoms with Crippen molar-refractivity contribution in [2.45, 2.75) is 56.8 Å². The highest BCUT2D eigenvalue weighted by Gasteiger charge is 2.52. The summed E-state index contributed by atoms with van der Waals surface area (Å²) < 4.78 is 67.8. The molecule has 3 N–H and O–H groups in total. The van der Waals surface area contributed by atoms with Crippen LogP contribution in [0.5, 0.6) is 0 Å². The van der Waals surface area contributed by atoms with E-state index in [-0.39, 0.29) is 12.8 Å². The molecule has 0 spiro atoms. The normalized spacial score (nSPS) is 13.8. The molecule has 7 nitrogen and oxygen atoms in total. The van der Waals surface area contributed by atoms with E-state index in [0.717, 1.165) is 20.9 Å². The highest BCUT2D eigenvalue weighted by molar-refractivity contribution is 9.10. The summed E-state index contributed by atoms with van der Waals surface area (Å²) in [6, 6.07) is 21.8. The van der Waals surface area contributed by atoms with Crippen LogP contribution in [0.2, 0.25) is 0 Å². The van der Waals surface area contributed by atoms with Gasteiger partial charge in [0, 0.05) is 23.2 Å². The zero-order valence-electron chi connectivity index (χ0n) is 24.9. The Bertz CT molecular complexity index is 1490. The maximum absolute atomic E-state index is 14.7. The van der Waals surface area contributed by atoms with Gasteiger partial charge in [-0.05, 0) is 34.7 Å². The van der Waals surface area contributed by atoms with E-state index in [0.29, 0.717) is 5.56 Å². The summed E-state index contributed by atoms with van der Waals surface area (Å²) in [5.74, 6) is -12.3. The van der Waals surface area contributed by atoms with Crippen molar-refractivity contribution in [1.29, 1.82) is 0 Å². The van der Waals surface area contributed by atoms with Crippen LogP contribution in [0.25, 0.3) is 0 Å². The van der Waals surface area contributed by atoms with Gasteiger partial charge in [0.25, 0.3) is 5.91 Å². The van der Waals surface area contributed by atoms with E-state index in [1.807, 2.05) is 54.6 Å². The first-order valence-corrected chi connectivity index (χ1v) is 15.1. The van der Waals surface area contributed by atoms with Crippen LogP contribution in [0.15, 0.2) is 89.4 Å². The number of carbonyl (C=O) groups excluding carboxylic acids is 4. The van der Waals surface area contributed by atoms with Crippen LogP contribution in [0.4, 0.5) is 22.0 Å². The van der Waals surface area contributed by atoms with Gasteiger partial charge in [0.2, 0.25) is 17.6 Å². The van der Waals surface area contributed by atoms with Crippen molar-refractivity contribution in [2.24, 2.45) is 5.92 Å². The van der Waals surface area contributed by atoms with E-state index >= 15 is 0 Å². The Kier molecular flexibility index (Phi) is 12.6. The first-order chi connectivity index (χ1) is 21.6. The molecule has 0 saturated carbocycles. The van der Waals surface area contributed by atoms with Gasteiger partial charge in [-0.3, -0.25) is 19.2 Å². The molecule has 0 radical (unpaired) electrons. The second-order valence-electron chi connectivity index (χ2n) is 11.0. The number of hydrogen-bond acceptors (Lipinski definition) is 4. The fourth-order valence-electron chi connectivity index (χ4n) is 4.69. The lowest BCUT2D eigenvalue weighted by atomic mass is 9.88. The van der Waals surface area contributed by atoms with Crippen molar-refractivity contribution < 1.29 is 41.1 Å². The number of Topliss-reactive ketones (excluding diaryl/α,β-unsaturated/α-hetero) is 1. The van der Waals surface area contributed by atoms with E-state index in [2.05, 4.69) is 26.6 Å². The van der Waals surface area contributed by atoms with Gasteiger partial charge in [-0.15, -0.1) is 0 Å². The summed E-state index contributed by atoms with van der Waals surface area (Å²) in [6.45, 7) is 0.572. The third-order valence-electron chi connectivity index (χ3n) is 7.09. The number of amides is 3. The summed E-state index contributed by atoms with van der Waals surface area (Å²) in [4.78, 5) is 51.7. The fraction of sp³-hybridized carbons (Fsp3) is 0.333. The molecule has 0 aromatic heterocycles. The number of carbonyl (C=O) groups is 4. The monoisotopic (exact) mass is 709 g/mol. The molecule has 3 rings (SSSR count). The minimum absolute atomic E-state index is 0.0752. The SMILES string of the molecule is CC(C)C(NC(=O)C(Cc1ccccc1)NC(=O)CC(c1ccccc1)c1ccc(Br)cc1)C(=O)C(F)(F)C(=O)NCC(F)(F)F. The predicted molar refractivity (Wildman–Crippen MR) is 165 cm³/mol. The van der Waals surface area contributed by atoms with Crippen molar-refractivity contribution in [3.63, 3.8) is 0 Å². The van der Waals surface area contributed by atoms with Crippen LogP contribution in [0, 0.1) is 5.92 Å². The van der Waals surface area contributed by atoms with Crippen molar-refractivity contribution in [3.05, 3.63) is 106 Å². The van der Waals surface area contributed by atoms with Crippen molar-refractivity contribution in [1.82, 2.24) is 16.0 Å². The van der Waals surface area contributed by atoms with Gasteiger partial charge in [0.15, 0.2) is 0 Å². The third kappa shape index (κ3) is 10.5. The van der Waals surface area contributed by atoms with Gasteiger partial charge < -0.3 is 16.0 Å². The smallest absolute Gasteiger partial charge is 0.344 e. The predicted octanol–water partition coefficient (Wildman–Crippen LogP) is 5.72. The summed E-state index contributed by atoms with van der Waals surface area (Å²) in [5, 5.41) is 5.89. The number of rotatable bonds is 14. The standard InChI is InChI=1S/C33H33BrF5N3O4/c1-20(2)28(29(44)33(38,39)31(46)40-19-32(35,36)37)42-30(45)26(17-21-9-5-3-6-10-21)41-27(43)18-25(22-11-7-4-8-12-22)23-13-15-24(34)16-14-23/h3-16,20,25-26,28H,17-19H2,1-2H3,(H,40,46)(H,41,43)(H,42,45). The van der Waals surface area contributed by atoms with Crippen LogP contribution in [-0.4, -0.2) is 54.2 Å². The Morgan fingerprint density at radius 1 is 0.761 bits per heavy atom. The maximum atomic E-state index is 14.7. The average Bonchev–Trinajstić information content (AvgIpc) is 3.01. The largest absolute Gasteiger partial charge is 0.405 e. The molecule has 3 amide bonds. The number of benzene rings is 3. The Labute approximate surface area is 271 Å². The molecule has 0 heterocycles. The van der Waals surface area contributed by atoms with Gasteiger partial charge in [0.1, 0.15) is 12.6 Å². The Morgan fingerprint density at radius 2 is 1.30 bits per heavy atom. The molecular weight excluding hydrogens is 677 g/mol. The lowest BCUT2D eigenvalue weighted by Crippen LogP contribution is -2.59. The number of ketones is 1. The van der Waals surface area contributed by atoms with Crippen LogP contribution in [-0.2, 0) is 25.6 Å². The summed E-state index contributed by atoms with van der Waals surface area (Å²) in [7, 11) is 0. The fourth-order valence-corrected chi connectivity index (χ4v) is 4.96. The molecule has 0 aliphatic carbocycles. The third-order valence-corrected chi connectivity index (χ3v) is 7.62. The molecule has 0 fully saturated rings.